The standard InChI is InChI=1S/C58H112O16/c1-34(2)21-60-31-44-47(61-22-35(3)4)51(65-26-39(11)12)54(68-29-42(17)18)57(73-44)71-33-46-49(63-24-37(7)8)52(66-27-40(13)14)55(69-30-43(19)20)58(74-46)70-32-45-48(62-23-36(5)6)50(64-25-38(9)10)53(56(59)72-45)67-28-41(15)16/h34-59H,21-33H2,1-20H3/t44-,45-,46-,47-,48-,49-,50+,51+,52+,53-,54-,55-,56+,57+,58+/m1/s1. The Balaban J connectivity index is 2.16. The summed E-state index contributed by atoms with van der Waals surface area (Å²) in [6, 6.07) is 0. The third-order valence-electron chi connectivity index (χ3n) is 12.0. The Bertz CT molecular complexity index is 1410. The molecule has 0 spiro atoms. The van der Waals surface area contributed by atoms with Gasteiger partial charge in [-0.3, -0.25) is 0 Å². The van der Waals surface area contributed by atoms with Crippen molar-refractivity contribution in [3.8, 4) is 0 Å². The third kappa shape index (κ3) is 24.4. The van der Waals surface area contributed by atoms with Crippen molar-refractivity contribution in [1.29, 1.82) is 0 Å². The first-order valence-electron chi connectivity index (χ1n) is 28.9. The van der Waals surface area contributed by atoms with E-state index < -0.39 is 92.1 Å². The molecule has 440 valence electrons. The van der Waals surface area contributed by atoms with Crippen LogP contribution in [0, 0.1) is 59.2 Å². The fraction of sp³-hybridized carbons (Fsp3) is 1.00. The fourth-order valence-electron chi connectivity index (χ4n) is 8.56. The van der Waals surface area contributed by atoms with Gasteiger partial charge in [-0.15, -0.1) is 0 Å². The number of rotatable bonds is 37. The van der Waals surface area contributed by atoms with Crippen LogP contribution in [0.25, 0.3) is 0 Å². The zero-order chi connectivity index (χ0) is 55.2. The Morgan fingerprint density at radius 1 is 0.257 bits per heavy atom. The van der Waals surface area contributed by atoms with E-state index in [4.69, 9.17) is 71.1 Å². The summed E-state index contributed by atoms with van der Waals surface area (Å²) in [6.07, 6.45) is -11.0. The molecule has 0 amide bonds. The minimum absolute atomic E-state index is 0.0139. The molecule has 15 atom stereocenters. The van der Waals surface area contributed by atoms with Crippen LogP contribution < -0.4 is 0 Å². The molecule has 3 saturated heterocycles. The molecule has 0 unspecified atom stereocenters. The van der Waals surface area contributed by atoms with Crippen molar-refractivity contribution in [3.05, 3.63) is 0 Å². The van der Waals surface area contributed by atoms with Gasteiger partial charge in [0.05, 0.1) is 19.8 Å². The second-order valence-corrected chi connectivity index (χ2v) is 25.5. The summed E-state index contributed by atoms with van der Waals surface area (Å²) in [5.41, 5.74) is 0. The predicted molar refractivity (Wildman–Crippen MR) is 287 cm³/mol. The van der Waals surface area contributed by atoms with E-state index in [2.05, 4.69) is 138 Å². The second kappa shape index (κ2) is 35.2. The van der Waals surface area contributed by atoms with Crippen molar-refractivity contribution < 1.29 is 76.2 Å². The first kappa shape index (κ1) is 67.6. The minimum Gasteiger partial charge on any atom is -0.378 e. The van der Waals surface area contributed by atoms with E-state index in [0.29, 0.717) is 72.0 Å². The topological polar surface area (TPSA) is 159 Å². The largest absolute Gasteiger partial charge is 0.378 e. The molecule has 3 heterocycles. The van der Waals surface area contributed by atoms with E-state index in [1.165, 1.54) is 0 Å². The lowest BCUT2D eigenvalue weighted by atomic mass is 9.96. The lowest BCUT2D eigenvalue weighted by Gasteiger charge is -2.49. The average Bonchev–Trinajstić information content (AvgIpc) is 3.29. The van der Waals surface area contributed by atoms with Crippen molar-refractivity contribution in [3.63, 3.8) is 0 Å². The summed E-state index contributed by atoms with van der Waals surface area (Å²) in [6.45, 7) is 47.1. The molecule has 0 bridgehead atoms. The smallest absolute Gasteiger partial charge is 0.187 e. The van der Waals surface area contributed by atoms with Gasteiger partial charge in [-0.1, -0.05) is 138 Å². The van der Waals surface area contributed by atoms with Gasteiger partial charge in [0.1, 0.15) is 73.2 Å². The molecule has 0 aromatic heterocycles. The molecule has 3 aliphatic heterocycles. The molecule has 0 aliphatic carbocycles. The summed E-state index contributed by atoms with van der Waals surface area (Å²) < 4.78 is 101. The van der Waals surface area contributed by atoms with Crippen molar-refractivity contribution in [1.82, 2.24) is 0 Å². The molecule has 0 saturated carbocycles. The van der Waals surface area contributed by atoms with Gasteiger partial charge in [0.25, 0.3) is 0 Å². The zero-order valence-corrected chi connectivity index (χ0v) is 50.2. The van der Waals surface area contributed by atoms with E-state index >= 15 is 0 Å². The van der Waals surface area contributed by atoms with Crippen LogP contribution in [0.3, 0.4) is 0 Å². The maximum Gasteiger partial charge on any atom is 0.187 e. The third-order valence-corrected chi connectivity index (χ3v) is 12.0. The van der Waals surface area contributed by atoms with Gasteiger partial charge in [0.15, 0.2) is 18.9 Å². The normalized spacial score (nSPS) is 31.4. The molecular formula is C58H112O16. The fourth-order valence-corrected chi connectivity index (χ4v) is 8.56. The van der Waals surface area contributed by atoms with Gasteiger partial charge >= 0.3 is 0 Å². The Kier molecular flexibility index (Phi) is 32.1. The molecule has 3 rings (SSSR count). The Morgan fingerprint density at radius 3 is 0.784 bits per heavy atom. The van der Waals surface area contributed by atoms with Crippen molar-refractivity contribution in [2.45, 2.75) is 231 Å². The summed E-state index contributed by atoms with van der Waals surface area (Å²) >= 11 is 0. The van der Waals surface area contributed by atoms with Crippen molar-refractivity contribution in [2.75, 3.05) is 85.9 Å². The SMILES string of the molecule is CC(C)COC[C@H]1O[C@H](OC[C@H]2O[C@H](OC[C@H]3O[C@H](O)[C@H](OCC(C)C)[C@@H](OCC(C)C)[C@@H]3OCC(C)C)[C@H](OCC(C)C)[C@@H](OCC(C)C)[C@@H]2OCC(C)C)[C@H](OCC(C)C)[C@@H](OCC(C)C)[C@@H]1OCC(C)C. The lowest BCUT2D eigenvalue weighted by Crippen LogP contribution is -2.65. The monoisotopic (exact) mass is 1060 g/mol. The zero-order valence-electron chi connectivity index (χ0n) is 50.2. The van der Waals surface area contributed by atoms with Crippen LogP contribution in [0.15, 0.2) is 0 Å². The van der Waals surface area contributed by atoms with Gasteiger partial charge in [-0.2, -0.15) is 0 Å². The summed E-state index contributed by atoms with van der Waals surface area (Å²) in [5, 5.41) is 11.7. The highest BCUT2D eigenvalue weighted by Gasteiger charge is 2.54. The van der Waals surface area contributed by atoms with Gasteiger partial charge in [-0.05, 0) is 59.2 Å². The first-order valence-corrected chi connectivity index (χ1v) is 28.9. The van der Waals surface area contributed by atoms with Crippen molar-refractivity contribution in [2.24, 2.45) is 59.2 Å². The average molecular weight is 1070 g/mol. The van der Waals surface area contributed by atoms with E-state index in [-0.39, 0.29) is 73.1 Å². The highest BCUT2D eigenvalue weighted by molar-refractivity contribution is 4.98. The highest BCUT2D eigenvalue weighted by atomic mass is 16.8. The molecule has 1 N–H and O–H groups in total. The quantitative estimate of drug-likeness (QED) is 0.0627. The molecule has 16 heteroatoms. The number of hydrogen-bond acceptors (Lipinski definition) is 16. The molecule has 16 nitrogen and oxygen atoms in total. The molecular weight excluding hydrogens is 953 g/mol. The number of ether oxygens (including phenoxy) is 15. The Hall–Kier alpha value is -0.640. The maximum absolute atomic E-state index is 11.7. The second-order valence-electron chi connectivity index (χ2n) is 25.5. The van der Waals surface area contributed by atoms with Crippen LogP contribution in [0.2, 0.25) is 0 Å². The molecule has 3 fully saturated rings. The number of aliphatic hydroxyl groups is 1. The molecule has 0 radical (unpaired) electrons. The lowest BCUT2D eigenvalue weighted by molar-refractivity contribution is -0.359. The van der Waals surface area contributed by atoms with Crippen molar-refractivity contribution >= 4 is 0 Å². The van der Waals surface area contributed by atoms with Gasteiger partial charge < -0.3 is 76.2 Å². The molecule has 0 aromatic carbocycles. The highest BCUT2D eigenvalue weighted by Crippen LogP contribution is 2.36. The van der Waals surface area contributed by atoms with E-state index in [1.807, 2.05) is 0 Å². The first-order chi connectivity index (χ1) is 34.9. The van der Waals surface area contributed by atoms with E-state index in [1.54, 1.807) is 0 Å². The molecule has 74 heavy (non-hydrogen) atoms. The maximum atomic E-state index is 11.7. The Labute approximate surface area is 450 Å². The minimum atomic E-state index is -1.31. The van der Waals surface area contributed by atoms with E-state index in [9.17, 15) is 5.11 Å². The van der Waals surface area contributed by atoms with Crippen LogP contribution in [0.4, 0.5) is 0 Å². The molecule has 0 aromatic rings. The summed E-state index contributed by atoms with van der Waals surface area (Å²) in [4.78, 5) is 0. The van der Waals surface area contributed by atoms with Gasteiger partial charge in [-0.25, -0.2) is 0 Å². The van der Waals surface area contributed by atoms with Gasteiger partial charge in [0, 0.05) is 66.1 Å². The van der Waals surface area contributed by atoms with Crippen LogP contribution in [-0.2, 0) is 71.1 Å². The van der Waals surface area contributed by atoms with Gasteiger partial charge in [0.2, 0.25) is 0 Å². The van der Waals surface area contributed by atoms with Crippen LogP contribution in [-0.4, -0.2) is 183 Å². The Morgan fingerprint density at radius 2 is 0.486 bits per heavy atom. The summed E-state index contributed by atoms with van der Waals surface area (Å²) in [5.74, 6) is 2.32. The van der Waals surface area contributed by atoms with Crippen LogP contribution in [0.5, 0.6) is 0 Å². The van der Waals surface area contributed by atoms with Crippen LogP contribution in [0.1, 0.15) is 138 Å². The van der Waals surface area contributed by atoms with E-state index in [0.717, 1.165) is 0 Å². The van der Waals surface area contributed by atoms with Crippen LogP contribution >= 0.6 is 0 Å². The number of hydrogen-bond donors (Lipinski definition) is 1. The molecule has 3 aliphatic rings. The number of aliphatic hydroxyl groups excluding tert-OH is 1. The predicted octanol–water partition coefficient (Wildman–Crippen LogP) is 9.23. The summed E-state index contributed by atoms with van der Waals surface area (Å²) in [7, 11) is 0.